The lowest BCUT2D eigenvalue weighted by molar-refractivity contribution is 0.167. The third-order valence-electron chi connectivity index (χ3n) is 4.02. The fourth-order valence-corrected chi connectivity index (χ4v) is 3.06. The van der Waals surface area contributed by atoms with Crippen LogP contribution in [0.4, 0.5) is 0 Å². The van der Waals surface area contributed by atoms with E-state index in [2.05, 4.69) is 9.55 Å². The minimum atomic E-state index is 0.378. The van der Waals surface area contributed by atoms with E-state index in [0.717, 1.165) is 40.4 Å². The second-order valence-electron chi connectivity index (χ2n) is 5.42. The fourth-order valence-electron chi connectivity index (χ4n) is 2.61. The molecule has 2 aromatic rings. The van der Waals surface area contributed by atoms with Crippen LogP contribution < -0.4 is 0 Å². The van der Waals surface area contributed by atoms with E-state index >= 15 is 0 Å². The lowest BCUT2D eigenvalue weighted by Crippen LogP contribution is -2.14. The summed E-state index contributed by atoms with van der Waals surface area (Å²) in [7, 11) is 1.76. The summed E-state index contributed by atoms with van der Waals surface area (Å²) in [5.74, 6) is 0. The summed E-state index contributed by atoms with van der Waals surface area (Å²) in [4.78, 5) is 3.24. The number of nitrogens with one attached hydrogen (secondary N) is 1. The van der Waals surface area contributed by atoms with Crippen molar-refractivity contribution in [3.05, 3.63) is 28.0 Å². The molecule has 1 fully saturated rings. The number of imidazole rings is 1. The maximum Gasteiger partial charge on any atom is 0.178 e. The Balaban J connectivity index is 1.93. The van der Waals surface area contributed by atoms with Crippen LogP contribution >= 0.6 is 23.8 Å². The van der Waals surface area contributed by atoms with Crippen molar-refractivity contribution in [3.63, 3.8) is 0 Å². The molecule has 1 aliphatic rings. The molecule has 3 rings (SSSR count). The number of nitrogens with zero attached hydrogens (tertiary/aromatic N) is 1. The van der Waals surface area contributed by atoms with E-state index in [-0.39, 0.29) is 0 Å². The van der Waals surface area contributed by atoms with Gasteiger partial charge in [-0.25, -0.2) is 0 Å². The van der Waals surface area contributed by atoms with Crippen molar-refractivity contribution < 1.29 is 4.74 Å². The topological polar surface area (TPSA) is 29.9 Å². The number of fused-ring (bicyclic) bond motifs is 1. The van der Waals surface area contributed by atoms with E-state index in [4.69, 9.17) is 28.6 Å². The predicted octanol–water partition coefficient (Wildman–Crippen LogP) is 4.17. The molecule has 1 heterocycles. The smallest absolute Gasteiger partial charge is 0.178 e. The Labute approximate surface area is 122 Å². The van der Waals surface area contributed by atoms with Gasteiger partial charge in [0.15, 0.2) is 4.77 Å². The summed E-state index contributed by atoms with van der Waals surface area (Å²) >= 11 is 11.5. The number of hydrogen-bond acceptors (Lipinski definition) is 2. The molecule has 102 valence electrons. The number of aromatic nitrogens is 2. The van der Waals surface area contributed by atoms with Crippen LogP contribution in [-0.2, 0) is 11.3 Å². The Morgan fingerprint density at radius 1 is 1.47 bits per heavy atom. The summed E-state index contributed by atoms with van der Waals surface area (Å²) in [5, 5.41) is 0.733. The van der Waals surface area contributed by atoms with Gasteiger partial charge in [0, 0.05) is 25.3 Å². The predicted molar refractivity (Wildman–Crippen MR) is 80.3 cm³/mol. The van der Waals surface area contributed by atoms with Crippen LogP contribution in [0.25, 0.3) is 11.0 Å². The normalized spacial score (nSPS) is 16.9. The monoisotopic (exact) mass is 296 g/mol. The summed E-state index contributed by atoms with van der Waals surface area (Å²) < 4.78 is 8.19. The van der Waals surface area contributed by atoms with Gasteiger partial charge >= 0.3 is 0 Å². The first kappa shape index (κ1) is 13.2. The van der Waals surface area contributed by atoms with E-state index in [1.54, 1.807) is 7.11 Å². The zero-order valence-electron chi connectivity index (χ0n) is 10.9. The molecule has 1 aromatic heterocycles. The van der Waals surface area contributed by atoms with Crippen molar-refractivity contribution in [1.82, 2.24) is 9.55 Å². The van der Waals surface area contributed by atoms with Gasteiger partial charge < -0.3 is 14.3 Å². The molecular weight excluding hydrogens is 280 g/mol. The van der Waals surface area contributed by atoms with Gasteiger partial charge in [0.25, 0.3) is 0 Å². The van der Waals surface area contributed by atoms with Crippen LogP contribution in [-0.4, -0.2) is 23.3 Å². The number of hydrogen-bond donors (Lipinski definition) is 1. The highest BCUT2D eigenvalue weighted by molar-refractivity contribution is 7.71. The summed E-state index contributed by atoms with van der Waals surface area (Å²) in [5.41, 5.74) is 2.53. The van der Waals surface area contributed by atoms with Gasteiger partial charge in [0.05, 0.1) is 11.0 Å². The van der Waals surface area contributed by atoms with E-state index in [1.165, 1.54) is 12.8 Å². The van der Waals surface area contributed by atoms with Gasteiger partial charge in [0.1, 0.15) is 0 Å². The highest BCUT2D eigenvalue weighted by Gasteiger charge is 2.42. The van der Waals surface area contributed by atoms with E-state index in [9.17, 15) is 0 Å². The maximum atomic E-state index is 6.01. The Morgan fingerprint density at radius 3 is 2.95 bits per heavy atom. The van der Waals surface area contributed by atoms with Gasteiger partial charge in [-0.15, -0.1) is 0 Å². The lowest BCUT2D eigenvalue weighted by atomic mass is 10.0. The molecule has 0 unspecified atom stereocenters. The minimum Gasteiger partial charge on any atom is -0.385 e. The summed E-state index contributed by atoms with van der Waals surface area (Å²) in [6, 6.07) is 5.88. The van der Waals surface area contributed by atoms with E-state index < -0.39 is 0 Å². The molecule has 0 spiro atoms. The number of benzene rings is 1. The molecule has 0 aliphatic heterocycles. The molecule has 0 saturated heterocycles. The van der Waals surface area contributed by atoms with Gasteiger partial charge in [0.2, 0.25) is 0 Å². The second-order valence-corrected chi connectivity index (χ2v) is 6.24. The molecular formula is C14H17ClN2OS. The second kappa shape index (κ2) is 4.93. The third kappa shape index (κ3) is 2.57. The number of H-pyrrole nitrogens is 1. The van der Waals surface area contributed by atoms with Gasteiger partial charge in [-0.3, -0.25) is 0 Å². The first-order valence-electron chi connectivity index (χ1n) is 6.51. The first-order chi connectivity index (χ1) is 9.13. The van der Waals surface area contributed by atoms with Gasteiger partial charge in [-0.1, -0.05) is 11.6 Å². The van der Waals surface area contributed by atoms with Crippen LogP contribution in [0.5, 0.6) is 0 Å². The SMILES string of the molecule is COCCC1(Cn2c(=S)[nH]c3cc(Cl)ccc32)CC1. The molecule has 0 bridgehead atoms. The first-order valence-corrected chi connectivity index (χ1v) is 7.29. The van der Waals surface area contributed by atoms with Crippen molar-refractivity contribution in [2.24, 2.45) is 5.41 Å². The van der Waals surface area contributed by atoms with Crippen LogP contribution in [0, 0.1) is 10.2 Å². The average Bonchev–Trinajstić information content (AvgIpc) is 3.08. The Kier molecular flexibility index (Phi) is 3.41. The maximum absolute atomic E-state index is 6.01. The standard InChI is InChI=1S/C14H17ClN2OS/c1-18-7-6-14(4-5-14)9-17-12-3-2-10(15)8-11(12)16-13(17)19/h2-3,8H,4-7,9H2,1H3,(H,16,19). The van der Waals surface area contributed by atoms with Crippen molar-refractivity contribution in [1.29, 1.82) is 0 Å². The molecule has 1 aliphatic carbocycles. The molecule has 0 radical (unpaired) electrons. The van der Waals surface area contributed by atoms with Crippen LogP contribution in [0.1, 0.15) is 19.3 Å². The zero-order chi connectivity index (χ0) is 13.5. The molecule has 1 saturated carbocycles. The Morgan fingerprint density at radius 2 is 2.26 bits per heavy atom. The van der Waals surface area contributed by atoms with E-state index in [0.29, 0.717) is 5.41 Å². The molecule has 1 aromatic carbocycles. The Hall–Kier alpha value is -0.840. The summed E-state index contributed by atoms with van der Waals surface area (Å²) in [6.07, 6.45) is 3.63. The highest BCUT2D eigenvalue weighted by atomic mass is 35.5. The minimum absolute atomic E-state index is 0.378. The largest absolute Gasteiger partial charge is 0.385 e. The van der Waals surface area contributed by atoms with E-state index in [1.807, 2.05) is 18.2 Å². The lowest BCUT2D eigenvalue weighted by Gasteiger charge is -2.16. The quantitative estimate of drug-likeness (QED) is 0.839. The molecule has 0 amide bonds. The zero-order valence-corrected chi connectivity index (χ0v) is 12.5. The molecule has 5 heteroatoms. The van der Waals surface area contributed by atoms with Crippen molar-refractivity contribution in [2.45, 2.75) is 25.8 Å². The number of halogens is 1. The molecule has 19 heavy (non-hydrogen) atoms. The fraction of sp³-hybridized carbons (Fsp3) is 0.500. The van der Waals surface area contributed by atoms with Gasteiger partial charge in [-0.05, 0) is 55.1 Å². The number of methoxy groups -OCH3 is 1. The van der Waals surface area contributed by atoms with Crippen molar-refractivity contribution in [3.8, 4) is 0 Å². The number of aromatic amines is 1. The highest BCUT2D eigenvalue weighted by Crippen LogP contribution is 2.50. The van der Waals surface area contributed by atoms with Crippen molar-refractivity contribution >= 4 is 34.9 Å². The molecule has 3 nitrogen and oxygen atoms in total. The van der Waals surface area contributed by atoms with Crippen LogP contribution in [0.2, 0.25) is 5.02 Å². The number of ether oxygens (including phenoxy) is 1. The average molecular weight is 297 g/mol. The van der Waals surface area contributed by atoms with Crippen molar-refractivity contribution in [2.75, 3.05) is 13.7 Å². The van der Waals surface area contributed by atoms with Crippen LogP contribution in [0.3, 0.4) is 0 Å². The van der Waals surface area contributed by atoms with Crippen LogP contribution in [0.15, 0.2) is 18.2 Å². The Bertz CT molecular complexity index is 657. The van der Waals surface area contributed by atoms with Gasteiger partial charge in [-0.2, -0.15) is 0 Å². The third-order valence-corrected chi connectivity index (χ3v) is 4.58. The summed E-state index contributed by atoms with van der Waals surface area (Å²) in [6.45, 7) is 1.79. The molecule has 0 atom stereocenters. The number of rotatable bonds is 5. The molecule has 1 N–H and O–H groups in total.